The topological polar surface area (TPSA) is 72.7 Å². The predicted octanol–water partition coefficient (Wildman–Crippen LogP) is 2.87. The maximum Gasteiger partial charge on any atom is 0.273 e. The number of amides is 1. The zero-order chi connectivity index (χ0) is 16.4. The number of nitro groups is 1. The molecular formula is C17H16N2O4. The number of nitro benzene ring substituents is 1. The summed E-state index contributed by atoms with van der Waals surface area (Å²) in [6, 6.07) is 12.0. The second-order valence-corrected chi connectivity index (χ2v) is 5.43. The largest absolute Gasteiger partial charge is 0.490 e. The standard InChI is InChI=1S/C17H16N2O4/c1-12-6-7-16-15(10-12)18(8-9-23-16)17(20)11-13-4-2-3-5-14(13)19(21)22/h2-7,10H,8-9,11H2,1H3. The average molecular weight is 312 g/mol. The van der Waals surface area contributed by atoms with Crippen LogP contribution in [-0.2, 0) is 11.2 Å². The van der Waals surface area contributed by atoms with Gasteiger partial charge in [-0.2, -0.15) is 0 Å². The molecule has 0 N–H and O–H groups in total. The number of ether oxygens (including phenoxy) is 1. The van der Waals surface area contributed by atoms with Crippen LogP contribution in [0.3, 0.4) is 0 Å². The van der Waals surface area contributed by atoms with Crippen molar-refractivity contribution >= 4 is 17.3 Å². The Morgan fingerprint density at radius 1 is 1.30 bits per heavy atom. The molecule has 6 nitrogen and oxygen atoms in total. The number of aryl methyl sites for hydroxylation is 1. The smallest absolute Gasteiger partial charge is 0.273 e. The Bertz CT molecular complexity index is 773. The number of carbonyl (C=O) groups is 1. The highest BCUT2D eigenvalue weighted by Gasteiger charge is 2.25. The van der Waals surface area contributed by atoms with E-state index in [1.54, 1.807) is 23.1 Å². The van der Waals surface area contributed by atoms with Crippen LogP contribution in [0.5, 0.6) is 5.75 Å². The Morgan fingerprint density at radius 2 is 2.09 bits per heavy atom. The highest BCUT2D eigenvalue weighted by molar-refractivity contribution is 5.97. The highest BCUT2D eigenvalue weighted by atomic mass is 16.6. The summed E-state index contributed by atoms with van der Waals surface area (Å²) >= 11 is 0. The van der Waals surface area contributed by atoms with E-state index < -0.39 is 4.92 Å². The summed E-state index contributed by atoms with van der Waals surface area (Å²) in [6.45, 7) is 2.80. The lowest BCUT2D eigenvalue weighted by molar-refractivity contribution is -0.385. The van der Waals surface area contributed by atoms with Crippen molar-refractivity contribution in [3.05, 3.63) is 63.7 Å². The van der Waals surface area contributed by atoms with Gasteiger partial charge in [-0.3, -0.25) is 14.9 Å². The Labute approximate surface area is 133 Å². The Hall–Kier alpha value is -2.89. The molecule has 23 heavy (non-hydrogen) atoms. The van der Waals surface area contributed by atoms with Gasteiger partial charge in [-0.15, -0.1) is 0 Å². The molecule has 0 fully saturated rings. The fourth-order valence-corrected chi connectivity index (χ4v) is 2.68. The molecule has 0 unspecified atom stereocenters. The normalized spacial score (nSPS) is 13.2. The van der Waals surface area contributed by atoms with E-state index in [0.29, 0.717) is 24.5 Å². The van der Waals surface area contributed by atoms with Crippen molar-refractivity contribution in [3.8, 4) is 5.75 Å². The van der Waals surface area contributed by atoms with Gasteiger partial charge in [0.05, 0.1) is 23.6 Å². The van der Waals surface area contributed by atoms with Crippen molar-refractivity contribution < 1.29 is 14.5 Å². The van der Waals surface area contributed by atoms with E-state index >= 15 is 0 Å². The van der Waals surface area contributed by atoms with Crippen LogP contribution in [0.25, 0.3) is 0 Å². The van der Waals surface area contributed by atoms with Crippen LogP contribution >= 0.6 is 0 Å². The zero-order valence-electron chi connectivity index (χ0n) is 12.7. The summed E-state index contributed by atoms with van der Waals surface area (Å²) in [7, 11) is 0. The van der Waals surface area contributed by atoms with Crippen molar-refractivity contribution in [3.63, 3.8) is 0 Å². The summed E-state index contributed by atoms with van der Waals surface area (Å²) in [5.41, 5.74) is 2.14. The number of benzene rings is 2. The lowest BCUT2D eigenvalue weighted by Gasteiger charge is -2.30. The van der Waals surface area contributed by atoms with Crippen LogP contribution in [-0.4, -0.2) is 24.0 Å². The molecule has 0 atom stereocenters. The van der Waals surface area contributed by atoms with E-state index in [1.165, 1.54) is 6.07 Å². The number of hydrogen-bond donors (Lipinski definition) is 0. The number of anilines is 1. The summed E-state index contributed by atoms with van der Waals surface area (Å²) in [5, 5.41) is 11.1. The quantitative estimate of drug-likeness (QED) is 0.645. The molecule has 0 saturated carbocycles. The van der Waals surface area contributed by atoms with E-state index in [9.17, 15) is 14.9 Å². The van der Waals surface area contributed by atoms with Gasteiger partial charge in [0.25, 0.3) is 5.69 Å². The number of nitrogens with zero attached hydrogens (tertiary/aromatic N) is 2. The minimum Gasteiger partial charge on any atom is -0.490 e. The summed E-state index contributed by atoms with van der Waals surface area (Å²) in [5.74, 6) is 0.493. The molecule has 1 aliphatic heterocycles. The predicted molar refractivity (Wildman–Crippen MR) is 85.8 cm³/mol. The number of rotatable bonds is 3. The van der Waals surface area contributed by atoms with Gasteiger partial charge in [-0.25, -0.2) is 0 Å². The van der Waals surface area contributed by atoms with Crippen molar-refractivity contribution in [2.75, 3.05) is 18.1 Å². The molecule has 1 amide bonds. The molecule has 0 spiro atoms. The first kappa shape index (κ1) is 15.0. The van der Waals surface area contributed by atoms with E-state index in [0.717, 1.165) is 11.3 Å². The molecule has 1 aliphatic rings. The van der Waals surface area contributed by atoms with E-state index in [2.05, 4.69) is 0 Å². The third-order valence-electron chi connectivity index (χ3n) is 3.81. The van der Waals surface area contributed by atoms with Gasteiger partial charge in [0, 0.05) is 11.6 Å². The van der Waals surface area contributed by atoms with Crippen LogP contribution in [0, 0.1) is 17.0 Å². The SMILES string of the molecule is Cc1ccc2c(c1)N(C(=O)Cc1ccccc1[N+](=O)[O-])CCO2. The minimum absolute atomic E-state index is 0.00939. The van der Waals surface area contributed by atoms with Crippen molar-refractivity contribution in [1.82, 2.24) is 0 Å². The lowest BCUT2D eigenvalue weighted by Crippen LogP contribution is -2.39. The number of para-hydroxylation sites is 1. The van der Waals surface area contributed by atoms with Gasteiger partial charge >= 0.3 is 0 Å². The van der Waals surface area contributed by atoms with Crippen LogP contribution in [0.2, 0.25) is 0 Å². The number of fused-ring (bicyclic) bond motifs is 1. The molecule has 0 radical (unpaired) electrons. The molecule has 0 bridgehead atoms. The third-order valence-corrected chi connectivity index (χ3v) is 3.81. The Balaban J connectivity index is 1.89. The van der Waals surface area contributed by atoms with Gasteiger partial charge in [0.15, 0.2) is 0 Å². The first-order valence-corrected chi connectivity index (χ1v) is 7.32. The van der Waals surface area contributed by atoms with Gasteiger partial charge in [0.1, 0.15) is 12.4 Å². The molecule has 1 heterocycles. The summed E-state index contributed by atoms with van der Waals surface area (Å²) in [4.78, 5) is 24.9. The number of hydrogen-bond acceptors (Lipinski definition) is 4. The molecule has 2 aromatic rings. The van der Waals surface area contributed by atoms with Crippen LogP contribution in [0.4, 0.5) is 11.4 Å². The van der Waals surface area contributed by atoms with Crippen molar-refractivity contribution in [1.29, 1.82) is 0 Å². The maximum absolute atomic E-state index is 12.7. The fourth-order valence-electron chi connectivity index (χ4n) is 2.68. The first-order chi connectivity index (χ1) is 11.1. The fraction of sp³-hybridized carbons (Fsp3) is 0.235. The zero-order valence-corrected chi connectivity index (χ0v) is 12.7. The van der Waals surface area contributed by atoms with E-state index in [-0.39, 0.29) is 18.0 Å². The van der Waals surface area contributed by atoms with Gasteiger partial charge in [-0.05, 0) is 24.6 Å². The highest BCUT2D eigenvalue weighted by Crippen LogP contribution is 2.33. The third kappa shape index (κ3) is 3.01. The van der Waals surface area contributed by atoms with Crippen LogP contribution in [0.1, 0.15) is 11.1 Å². The van der Waals surface area contributed by atoms with Crippen molar-refractivity contribution in [2.45, 2.75) is 13.3 Å². The van der Waals surface area contributed by atoms with Gasteiger partial charge < -0.3 is 9.64 Å². The second kappa shape index (κ2) is 6.08. The van der Waals surface area contributed by atoms with E-state index in [4.69, 9.17) is 4.74 Å². The molecule has 3 rings (SSSR count). The summed E-state index contributed by atoms with van der Waals surface area (Å²) in [6.07, 6.45) is -0.00939. The molecule has 0 aliphatic carbocycles. The molecule has 0 saturated heterocycles. The summed E-state index contributed by atoms with van der Waals surface area (Å²) < 4.78 is 5.57. The molecule has 118 valence electrons. The minimum atomic E-state index is -0.458. The monoisotopic (exact) mass is 312 g/mol. The van der Waals surface area contributed by atoms with Crippen molar-refractivity contribution in [2.24, 2.45) is 0 Å². The second-order valence-electron chi connectivity index (χ2n) is 5.43. The van der Waals surface area contributed by atoms with Gasteiger partial charge in [-0.1, -0.05) is 24.3 Å². The Kier molecular flexibility index (Phi) is 3.97. The van der Waals surface area contributed by atoms with Crippen LogP contribution < -0.4 is 9.64 Å². The first-order valence-electron chi connectivity index (χ1n) is 7.32. The lowest BCUT2D eigenvalue weighted by atomic mass is 10.1. The number of carbonyl (C=O) groups excluding carboxylic acids is 1. The molecule has 0 aromatic heterocycles. The molecular weight excluding hydrogens is 296 g/mol. The van der Waals surface area contributed by atoms with Gasteiger partial charge in [0.2, 0.25) is 5.91 Å². The average Bonchev–Trinajstić information content (AvgIpc) is 2.54. The van der Waals surface area contributed by atoms with E-state index in [1.807, 2.05) is 25.1 Å². The maximum atomic E-state index is 12.7. The molecule has 6 heteroatoms. The molecule has 2 aromatic carbocycles. The Morgan fingerprint density at radius 3 is 2.87 bits per heavy atom. The van der Waals surface area contributed by atoms with Crippen LogP contribution in [0.15, 0.2) is 42.5 Å².